The van der Waals surface area contributed by atoms with Crippen LogP contribution in [0, 0.1) is 0 Å². The van der Waals surface area contributed by atoms with Crippen molar-refractivity contribution in [3.63, 3.8) is 0 Å². The molecular formula is C21H31N5O. The number of aryl methyl sites for hydroxylation is 1. The van der Waals surface area contributed by atoms with Gasteiger partial charge in [0.2, 0.25) is 0 Å². The van der Waals surface area contributed by atoms with E-state index in [1.165, 1.54) is 11.1 Å². The number of nitrogens with one attached hydrogen (secondary N) is 2. The number of hydrogen-bond acceptors (Lipinski definition) is 4. The highest BCUT2D eigenvalue weighted by atomic mass is 16.1. The maximum absolute atomic E-state index is 12.6. The molecule has 6 nitrogen and oxygen atoms in total. The van der Waals surface area contributed by atoms with Gasteiger partial charge in [-0.2, -0.15) is 5.10 Å². The first-order valence-corrected chi connectivity index (χ1v) is 9.87. The summed E-state index contributed by atoms with van der Waals surface area (Å²) in [6, 6.07) is 10.9. The molecule has 1 amide bonds. The molecule has 1 fully saturated rings. The average Bonchev–Trinajstić information content (AvgIpc) is 3.19. The highest BCUT2D eigenvalue weighted by molar-refractivity contribution is 5.92. The van der Waals surface area contributed by atoms with Crippen molar-refractivity contribution in [2.24, 2.45) is 0 Å². The Bertz CT molecular complexity index is 731. The number of piperidine rings is 1. The molecular weight excluding hydrogens is 338 g/mol. The molecule has 2 aromatic rings. The number of carbonyl (C=O) groups is 1. The molecule has 3 rings (SSSR count). The molecule has 0 aliphatic carbocycles. The van der Waals surface area contributed by atoms with Crippen LogP contribution >= 0.6 is 0 Å². The van der Waals surface area contributed by atoms with Crippen LogP contribution in [0.1, 0.15) is 53.5 Å². The molecule has 0 spiro atoms. The van der Waals surface area contributed by atoms with Crippen LogP contribution in [-0.2, 0) is 6.42 Å². The van der Waals surface area contributed by atoms with Crippen LogP contribution in [-0.4, -0.2) is 54.3 Å². The van der Waals surface area contributed by atoms with Crippen molar-refractivity contribution >= 4 is 5.91 Å². The van der Waals surface area contributed by atoms with E-state index in [4.69, 9.17) is 0 Å². The second-order valence-corrected chi connectivity index (χ2v) is 7.47. The van der Waals surface area contributed by atoms with E-state index in [0.29, 0.717) is 18.3 Å². The van der Waals surface area contributed by atoms with Crippen molar-refractivity contribution in [1.82, 2.24) is 25.3 Å². The summed E-state index contributed by atoms with van der Waals surface area (Å²) in [7, 11) is 4.07. The van der Waals surface area contributed by atoms with Gasteiger partial charge in [-0.3, -0.25) is 9.48 Å². The second-order valence-electron chi connectivity index (χ2n) is 7.47. The monoisotopic (exact) mass is 369 g/mol. The Morgan fingerprint density at radius 2 is 2.11 bits per heavy atom. The summed E-state index contributed by atoms with van der Waals surface area (Å²) >= 11 is 0. The molecule has 2 unspecified atom stereocenters. The summed E-state index contributed by atoms with van der Waals surface area (Å²) in [5, 5.41) is 10.9. The Morgan fingerprint density at radius 3 is 2.74 bits per heavy atom. The molecule has 1 aliphatic heterocycles. The first-order valence-electron chi connectivity index (χ1n) is 9.87. The number of nitrogens with zero attached hydrogens (tertiary/aromatic N) is 3. The first kappa shape index (κ1) is 19.6. The molecule has 1 aromatic carbocycles. The molecule has 2 atom stereocenters. The molecule has 1 aliphatic rings. The third-order valence-corrected chi connectivity index (χ3v) is 5.34. The molecule has 0 radical (unpaired) electrons. The molecule has 27 heavy (non-hydrogen) atoms. The van der Waals surface area contributed by atoms with E-state index < -0.39 is 0 Å². The Balaban J connectivity index is 1.61. The number of aromatic nitrogens is 2. The van der Waals surface area contributed by atoms with Gasteiger partial charge in [-0.1, -0.05) is 31.2 Å². The molecule has 2 N–H and O–H groups in total. The second kappa shape index (κ2) is 9.15. The minimum Gasteiger partial charge on any atom is -0.349 e. The summed E-state index contributed by atoms with van der Waals surface area (Å²) in [5.74, 6) is -0.116. The van der Waals surface area contributed by atoms with Crippen molar-refractivity contribution in [2.45, 2.75) is 38.3 Å². The lowest BCUT2D eigenvalue weighted by atomic mass is 10.0. The van der Waals surface area contributed by atoms with Crippen LogP contribution in [0.15, 0.2) is 36.5 Å². The lowest BCUT2D eigenvalue weighted by Gasteiger charge is -2.25. The number of rotatable bonds is 7. The highest BCUT2D eigenvalue weighted by Gasteiger charge is 2.19. The number of carbonyl (C=O) groups excluding carboxylic acids is 1. The van der Waals surface area contributed by atoms with Crippen LogP contribution in [0.2, 0.25) is 0 Å². The minimum atomic E-state index is -0.116. The maximum Gasteiger partial charge on any atom is 0.271 e. The summed E-state index contributed by atoms with van der Waals surface area (Å²) in [5.41, 5.74) is 3.01. The van der Waals surface area contributed by atoms with E-state index in [1.807, 2.05) is 31.0 Å². The zero-order chi connectivity index (χ0) is 19.2. The third-order valence-electron chi connectivity index (χ3n) is 5.34. The summed E-state index contributed by atoms with van der Waals surface area (Å²) in [6.07, 6.45) is 5.20. The van der Waals surface area contributed by atoms with Crippen LogP contribution in [0.4, 0.5) is 0 Å². The SMILES string of the molecule is CCc1ccc(C(CNC(=O)c2ccn(C3CCCNC3)n2)N(C)C)cc1. The van der Waals surface area contributed by atoms with Crippen LogP contribution in [0.3, 0.4) is 0 Å². The van der Waals surface area contributed by atoms with Gasteiger partial charge in [0.25, 0.3) is 5.91 Å². The highest BCUT2D eigenvalue weighted by Crippen LogP contribution is 2.19. The van der Waals surface area contributed by atoms with Gasteiger partial charge in [0.15, 0.2) is 0 Å². The van der Waals surface area contributed by atoms with Gasteiger partial charge in [0.05, 0.1) is 12.1 Å². The first-order chi connectivity index (χ1) is 13.1. The Hall–Kier alpha value is -2.18. The molecule has 2 heterocycles. The van der Waals surface area contributed by atoms with Gasteiger partial charge < -0.3 is 15.5 Å². The van der Waals surface area contributed by atoms with Crippen molar-refractivity contribution in [3.05, 3.63) is 53.3 Å². The van der Waals surface area contributed by atoms with Crippen LogP contribution < -0.4 is 10.6 Å². The smallest absolute Gasteiger partial charge is 0.271 e. The number of benzene rings is 1. The molecule has 1 aromatic heterocycles. The van der Waals surface area contributed by atoms with Crippen LogP contribution in [0.5, 0.6) is 0 Å². The molecule has 0 saturated carbocycles. The zero-order valence-electron chi connectivity index (χ0n) is 16.6. The fourth-order valence-electron chi connectivity index (χ4n) is 3.58. The fraction of sp³-hybridized carbons (Fsp3) is 0.524. The zero-order valence-corrected chi connectivity index (χ0v) is 16.6. The Labute approximate surface area is 161 Å². The van der Waals surface area contributed by atoms with Gasteiger partial charge >= 0.3 is 0 Å². The topological polar surface area (TPSA) is 62.2 Å². The van der Waals surface area contributed by atoms with Gasteiger partial charge in [0, 0.05) is 19.3 Å². The Kier molecular flexibility index (Phi) is 6.63. The number of likely N-dealkylation sites (N-methyl/N-ethyl adjacent to an activating group) is 1. The van der Waals surface area contributed by atoms with Crippen molar-refractivity contribution < 1.29 is 4.79 Å². The van der Waals surface area contributed by atoms with Crippen LogP contribution in [0.25, 0.3) is 0 Å². The van der Waals surface area contributed by atoms with Gasteiger partial charge in [0.1, 0.15) is 5.69 Å². The molecule has 146 valence electrons. The summed E-state index contributed by atoms with van der Waals surface area (Å²) in [4.78, 5) is 14.7. The van der Waals surface area contributed by atoms with E-state index >= 15 is 0 Å². The van der Waals surface area contributed by atoms with Gasteiger partial charge in [-0.05, 0) is 57.1 Å². The summed E-state index contributed by atoms with van der Waals surface area (Å²) < 4.78 is 1.92. The lowest BCUT2D eigenvalue weighted by molar-refractivity contribution is 0.0935. The van der Waals surface area contributed by atoms with E-state index in [9.17, 15) is 4.79 Å². The lowest BCUT2D eigenvalue weighted by Crippen LogP contribution is -2.35. The molecule has 6 heteroatoms. The van der Waals surface area contributed by atoms with E-state index in [2.05, 4.69) is 51.8 Å². The predicted molar refractivity (Wildman–Crippen MR) is 108 cm³/mol. The Morgan fingerprint density at radius 1 is 1.33 bits per heavy atom. The molecule has 0 bridgehead atoms. The molecule has 1 saturated heterocycles. The fourth-order valence-corrected chi connectivity index (χ4v) is 3.58. The quantitative estimate of drug-likeness (QED) is 0.787. The van der Waals surface area contributed by atoms with E-state index in [-0.39, 0.29) is 11.9 Å². The van der Waals surface area contributed by atoms with Crippen molar-refractivity contribution in [2.75, 3.05) is 33.7 Å². The van der Waals surface area contributed by atoms with Crippen molar-refractivity contribution in [3.8, 4) is 0 Å². The summed E-state index contributed by atoms with van der Waals surface area (Å²) in [6.45, 7) is 4.69. The maximum atomic E-state index is 12.6. The normalized spacial score (nSPS) is 18.4. The van der Waals surface area contributed by atoms with E-state index in [0.717, 1.165) is 32.4 Å². The largest absolute Gasteiger partial charge is 0.349 e. The number of hydrogen-bond donors (Lipinski definition) is 2. The van der Waals surface area contributed by atoms with E-state index in [1.54, 1.807) is 0 Å². The van der Waals surface area contributed by atoms with Gasteiger partial charge in [-0.25, -0.2) is 0 Å². The van der Waals surface area contributed by atoms with Crippen molar-refractivity contribution in [1.29, 1.82) is 0 Å². The average molecular weight is 370 g/mol. The number of amides is 1. The van der Waals surface area contributed by atoms with Gasteiger partial charge in [-0.15, -0.1) is 0 Å². The third kappa shape index (κ3) is 4.96. The minimum absolute atomic E-state index is 0.116. The predicted octanol–water partition coefficient (Wildman–Crippen LogP) is 2.40. The standard InChI is InChI=1S/C21H31N5O/c1-4-16-7-9-17(10-8-16)20(25(2)3)15-23-21(27)19-11-13-26(24-19)18-6-5-12-22-14-18/h7-11,13,18,20,22H,4-6,12,14-15H2,1-3H3,(H,23,27).